The smallest absolute Gasteiger partial charge is 0.398 e. The first-order valence-corrected chi connectivity index (χ1v) is 4.79. The number of hydrogen-bond donors (Lipinski definition) is 0. The van der Waals surface area contributed by atoms with Crippen molar-refractivity contribution in [2.75, 3.05) is 0 Å². The molecule has 0 bridgehead atoms. The summed E-state index contributed by atoms with van der Waals surface area (Å²) < 4.78 is 37.6. The van der Waals surface area contributed by atoms with Gasteiger partial charge in [0, 0.05) is 0 Å². The highest BCUT2D eigenvalue weighted by Gasteiger charge is 2.22. The van der Waals surface area contributed by atoms with Crippen LogP contribution in [0, 0.1) is 0 Å². The molecule has 1 aromatic carbocycles. The minimum absolute atomic E-state index is 0.247. The van der Waals surface area contributed by atoms with Gasteiger partial charge in [-0.15, -0.1) is 8.39 Å². The lowest BCUT2D eigenvalue weighted by Gasteiger charge is -2.01. The van der Waals surface area contributed by atoms with E-state index >= 15 is 0 Å². The van der Waals surface area contributed by atoms with Gasteiger partial charge in [-0.25, -0.2) is 9.36 Å². The van der Waals surface area contributed by atoms with Gasteiger partial charge in [-0.2, -0.15) is 4.99 Å². The number of halogens is 2. The molecule has 0 radical (unpaired) electrons. The van der Waals surface area contributed by atoms with Crippen LogP contribution in [0.15, 0.2) is 29.3 Å². The monoisotopic (exact) mass is 219 g/mol. The van der Waals surface area contributed by atoms with Gasteiger partial charge in [0.2, 0.25) is 6.08 Å². The van der Waals surface area contributed by atoms with Crippen molar-refractivity contribution < 1.29 is 22.3 Å². The number of aliphatic imine (C=N–C) groups is 1. The maximum Gasteiger partial charge on any atom is 0.610 e. The third-order valence-electron chi connectivity index (χ3n) is 1.22. The second-order valence-corrected chi connectivity index (χ2v) is 3.21. The van der Waals surface area contributed by atoms with Gasteiger partial charge in [-0.05, 0) is 24.3 Å². The Bertz CT molecular complexity index is 407. The molecular weight excluding hydrogens is 215 g/mol. The van der Waals surface area contributed by atoms with E-state index in [1.165, 1.54) is 18.2 Å². The lowest BCUT2D eigenvalue weighted by molar-refractivity contribution is 0.384. The van der Waals surface area contributed by atoms with Gasteiger partial charge in [0.15, 0.2) is 0 Å². The van der Waals surface area contributed by atoms with Crippen LogP contribution in [-0.2, 0) is 9.36 Å². The van der Waals surface area contributed by atoms with Gasteiger partial charge in [-0.1, -0.05) is 0 Å². The van der Waals surface area contributed by atoms with Crippen molar-refractivity contribution in [3.05, 3.63) is 24.3 Å². The molecule has 14 heavy (non-hydrogen) atoms. The maximum absolute atomic E-state index is 11.9. The van der Waals surface area contributed by atoms with E-state index in [0.717, 1.165) is 12.1 Å². The lowest BCUT2D eigenvalue weighted by atomic mass is 10.3. The molecule has 0 aliphatic heterocycles. The molecule has 0 spiro atoms. The number of carbonyl (C=O) groups excluding carboxylic acids is 1. The van der Waals surface area contributed by atoms with Crippen LogP contribution >= 0.6 is 7.99 Å². The summed E-state index contributed by atoms with van der Waals surface area (Å²) in [5.41, 5.74) is 0.250. The van der Waals surface area contributed by atoms with Crippen molar-refractivity contribution in [3.63, 3.8) is 0 Å². The van der Waals surface area contributed by atoms with Gasteiger partial charge < -0.3 is 4.52 Å². The Morgan fingerprint density at radius 2 is 1.86 bits per heavy atom. The number of benzene rings is 1. The van der Waals surface area contributed by atoms with E-state index in [1.807, 2.05) is 0 Å². The van der Waals surface area contributed by atoms with E-state index in [-0.39, 0.29) is 11.4 Å². The summed E-state index contributed by atoms with van der Waals surface area (Å²) in [5, 5.41) is 0. The minimum atomic E-state index is -5.53. The Morgan fingerprint density at radius 3 is 2.29 bits per heavy atom. The topological polar surface area (TPSA) is 55.7 Å². The molecule has 0 aromatic heterocycles. The Balaban J connectivity index is 2.84. The second-order valence-electron chi connectivity index (χ2n) is 2.20. The summed E-state index contributed by atoms with van der Waals surface area (Å²) in [6.45, 7) is 0. The minimum Gasteiger partial charge on any atom is -0.398 e. The van der Waals surface area contributed by atoms with Crippen molar-refractivity contribution >= 4 is 19.8 Å². The molecule has 7 heteroatoms. The third kappa shape index (κ3) is 3.47. The second kappa shape index (κ2) is 4.13. The quantitative estimate of drug-likeness (QED) is 0.445. The van der Waals surface area contributed by atoms with Crippen LogP contribution in [0.2, 0.25) is 0 Å². The first-order chi connectivity index (χ1) is 6.51. The fourth-order valence-corrected chi connectivity index (χ4v) is 1.12. The molecule has 0 atom stereocenters. The summed E-state index contributed by atoms with van der Waals surface area (Å²) in [6, 6.07) is 4.77. The van der Waals surface area contributed by atoms with Crippen molar-refractivity contribution in [1.29, 1.82) is 0 Å². The van der Waals surface area contributed by atoms with Crippen LogP contribution in [0.5, 0.6) is 5.75 Å². The van der Waals surface area contributed by atoms with Crippen molar-refractivity contribution in [2.45, 2.75) is 0 Å². The van der Waals surface area contributed by atoms with Gasteiger partial charge in [0.25, 0.3) is 0 Å². The Kier molecular flexibility index (Phi) is 3.12. The Labute approximate surface area is 77.9 Å². The lowest BCUT2D eigenvalue weighted by Crippen LogP contribution is -1.81. The van der Waals surface area contributed by atoms with Crippen LogP contribution in [0.1, 0.15) is 0 Å². The Morgan fingerprint density at radius 1 is 1.29 bits per heavy atom. The zero-order valence-corrected chi connectivity index (χ0v) is 7.58. The summed E-state index contributed by atoms with van der Waals surface area (Å²) in [6.07, 6.45) is 1.28. The number of nitrogens with zero attached hydrogens (tertiary/aromatic N) is 1. The standard InChI is InChI=1S/C7H4F2NO3P/c8-14(9,12)13-7-3-1-6(2-4-7)10-5-11/h1-4H. The van der Waals surface area contributed by atoms with Gasteiger partial charge in [-0.3, -0.25) is 0 Å². The zero-order valence-electron chi connectivity index (χ0n) is 6.68. The average Bonchev–Trinajstić information content (AvgIpc) is 2.06. The highest BCUT2D eigenvalue weighted by molar-refractivity contribution is 7.48. The molecular formula is C7H4F2NO3P. The maximum atomic E-state index is 11.9. The molecule has 0 aliphatic rings. The number of hydrogen-bond acceptors (Lipinski definition) is 4. The van der Waals surface area contributed by atoms with Crippen LogP contribution < -0.4 is 4.52 Å². The highest BCUT2D eigenvalue weighted by atomic mass is 31.2. The summed E-state index contributed by atoms with van der Waals surface area (Å²) in [7, 11) is -5.53. The molecule has 0 amide bonds. The first-order valence-electron chi connectivity index (χ1n) is 3.38. The predicted molar refractivity (Wildman–Crippen MR) is 44.7 cm³/mol. The number of isocyanates is 1. The van der Waals surface area contributed by atoms with Crippen LogP contribution in [0.4, 0.5) is 14.1 Å². The third-order valence-corrected chi connectivity index (χ3v) is 1.65. The molecule has 0 saturated carbocycles. The molecule has 0 unspecified atom stereocenters. The molecule has 0 N–H and O–H groups in total. The molecule has 4 nitrogen and oxygen atoms in total. The normalized spacial score (nSPS) is 10.4. The van der Waals surface area contributed by atoms with E-state index in [0.29, 0.717) is 0 Å². The van der Waals surface area contributed by atoms with Crippen molar-refractivity contribution in [1.82, 2.24) is 0 Å². The van der Waals surface area contributed by atoms with E-state index in [9.17, 15) is 17.8 Å². The SMILES string of the molecule is O=C=Nc1ccc(OP(=O)(F)F)cc1. The molecule has 1 rings (SSSR count). The van der Waals surface area contributed by atoms with E-state index < -0.39 is 7.99 Å². The molecule has 1 aromatic rings. The van der Waals surface area contributed by atoms with Gasteiger partial charge in [0.1, 0.15) is 5.75 Å². The van der Waals surface area contributed by atoms with Crippen LogP contribution in [0.3, 0.4) is 0 Å². The summed E-state index contributed by atoms with van der Waals surface area (Å²) in [5.74, 6) is -0.247. The summed E-state index contributed by atoms with van der Waals surface area (Å²) in [4.78, 5) is 13.0. The molecule has 0 fully saturated rings. The van der Waals surface area contributed by atoms with E-state index in [2.05, 4.69) is 9.52 Å². The molecule has 0 heterocycles. The van der Waals surface area contributed by atoms with Crippen molar-refractivity contribution in [2.24, 2.45) is 4.99 Å². The summed E-state index contributed by atoms with van der Waals surface area (Å²) >= 11 is 0. The van der Waals surface area contributed by atoms with Crippen LogP contribution in [0.25, 0.3) is 0 Å². The van der Waals surface area contributed by atoms with Gasteiger partial charge in [0.05, 0.1) is 5.69 Å². The highest BCUT2D eigenvalue weighted by Crippen LogP contribution is 2.50. The predicted octanol–water partition coefficient (Wildman–Crippen LogP) is 3.08. The van der Waals surface area contributed by atoms with E-state index in [1.54, 1.807) is 0 Å². The largest absolute Gasteiger partial charge is 0.610 e. The molecule has 74 valence electrons. The molecule has 0 aliphatic carbocycles. The van der Waals surface area contributed by atoms with E-state index in [4.69, 9.17) is 0 Å². The fraction of sp³-hybridized carbons (Fsp3) is 0. The average molecular weight is 219 g/mol. The fourth-order valence-electron chi connectivity index (χ4n) is 0.757. The first kappa shape index (κ1) is 10.6. The van der Waals surface area contributed by atoms with Gasteiger partial charge >= 0.3 is 7.99 Å². The van der Waals surface area contributed by atoms with Crippen LogP contribution in [-0.4, -0.2) is 6.08 Å². The zero-order chi connectivity index (χ0) is 10.6. The molecule has 0 saturated heterocycles. The van der Waals surface area contributed by atoms with Crippen molar-refractivity contribution in [3.8, 4) is 5.75 Å². The number of rotatable bonds is 3. The Hall–Kier alpha value is -1.51.